The molecule has 2 aliphatic rings. The van der Waals surface area contributed by atoms with E-state index in [9.17, 15) is 4.79 Å². The van der Waals surface area contributed by atoms with Crippen LogP contribution in [0.4, 0.5) is 0 Å². The maximum Gasteiger partial charge on any atom is 0.311 e. The molecule has 0 N–H and O–H groups in total. The Hall–Kier alpha value is -0.650. The molecule has 4 unspecified atom stereocenters. The molecule has 0 aromatic heterocycles. The molecule has 0 saturated carbocycles. The van der Waals surface area contributed by atoms with Crippen molar-refractivity contribution in [2.24, 2.45) is 5.41 Å². The van der Waals surface area contributed by atoms with E-state index in [0.29, 0.717) is 13.2 Å². The number of carbonyl (C=O) groups is 1. The van der Waals surface area contributed by atoms with E-state index in [2.05, 4.69) is 20.8 Å². The van der Waals surface area contributed by atoms with E-state index in [4.69, 9.17) is 18.9 Å². The zero-order chi connectivity index (χ0) is 16.5. The quantitative estimate of drug-likeness (QED) is 0.706. The van der Waals surface area contributed by atoms with Crippen molar-refractivity contribution in [1.29, 1.82) is 0 Å². The Labute approximate surface area is 133 Å². The summed E-state index contributed by atoms with van der Waals surface area (Å²) in [6, 6.07) is 0. The minimum Gasteiger partial charge on any atom is -0.457 e. The topological polar surface area (TPSA) is 54.0 Å². The van der Waals surface area contributed by atoms with Gasteiger partial charge in [0.05, 0.1) is 24.2 Å². The first-order chi connectivity index (χ1) is 10.2. The molecule has 2 rings (SSSR count). The van der Waals surface area contributed by atoms with Crippen LogP contribution >= 0.6 is 0 Å². The summed E-state index contributed by atoms with van der Waals surface area (Å²) in [5, 5.41) is 0. The van der Waals surface area contributed by atoms with Gasteiger partial charge in [-0.3, -0.25) is 4.79 Å². The van der Waals surface area contributed by atoms with Gasteiger partial charge >= 0.3 is 5.97 Å². The molecule has 0 bridgehead atoms. The van der Waals surface area contributed by atoms with Gasteiger partial charge in [0.1, 0.15) is 18.3 Å². The second-order valence-electron chi connectivity index (χ2n) is 7.55. The van der Waals surface area contributed by atoms with Crippen molar-refractivity contribution in [3.05, 3.63) is 0 Å². The highest BCUT2D eigenvalue weighted by Crippen LogP contribution is 2.34. The first-order valence-corrected chi connectivity index (χ1v) is 8.32. The van der Waals surface area contributed by atoms with Crippen molar-refractivity contribution in [2.45, 2.75) is 84.4 Å². The van der Waals surface area contributed by atoms with Crippen LogP contribution < -0.4 is 0 Å². The Bertz CT molecular complexity index is 404. The Morgan fingerprint density at radius 1 is 1.00 bits per heavy atom. The highest BCUT2D eigenvalue weighted by molar-refractivity contribution is 5.76. The van der Waals surface area contributed by atoms with E-state index in [-0.39, 0.29) is 36.0 Å². The lowest BCUT2D eigenvalue weighted by Crippen LogP contribution is -2.40. The summed E-state index contributed by atoms with van der Waals surface area (Å²) in [5.41, 5.74) is -0.679. The normalized spacial score (nSPS) is 32.1. The van der Waals surface area contributed by atoms with Crippen molar-refractivity contribution in [2.75, 3.05) is 13.2 Å². The fourth-order valence-corrected chi connectivity index (χ4v) is 2.57. The molecule has 0 aliphatic carbocycles. The molecule has 0 aromatic carbocycles. The van der Waals surface area contributed by atoms with E-state index in [1.54, 1.807) is 0 Å². The summed E-state index contributed by atoms with van der Waals surface area (Å²) in [6.45, 7) is 12.9. The van der Waals surface area contributed by atoms with Gasteiger partial charge in [-0.05, 0) is 40.5 Å². The Kier molecular flexibility index (Phi) is 5.20. The number of rotatable bonds is 6. The van der Waals surface area contributed by atoms with Crippen LogP contribution in [0.25, 0.3) is 0 Å². The lowest BCUT2D eigenvalue weighted by atomic mass is 9.90. The predicted octanol–water partition coefficient (Wildman–Crippen LogP) is 2.71. The SMILES string of the molecule is CCC(C)(C)OC1COC2C(OC(=O)C(C)(C)CC)COC12. The van der Waals surface area contributed by atoms with E-state index in [1.807, 2.05) is 20.8 Å². The van der Waals surface area contributed by atoms with Crippen LogP contribution in [0, 0.1) is 5.41 Å². The lowest BCUT2D eigenvalue weighted by Gasteiger charge is -2.29. The average Bonchev–Trinajstić information content (AvgIpc) is 3.03. The lowest BCUT2D eigenvalue weighted by molar-refractivity contribution is -0.164. The van der Waals surface area contributed by atoms with Gasteiger partial charge in [-0.25, -0.2) is 0 Å². The van der Waals surface area contributed by atoms with E-state index >= 15 is 0 Å². The summed E-state index contributed by atoms with van der Waals surface area (Å²) in [4.78, 5) is 12.2. The molecule has 0 radical (unpaired) electrons. The maximum absolute atomic E-state index is 12.2. The van der Waals surface area contributed by atoms with Crippen molar-refractivity contribution in [3.63, 3.8) is 0 Å². The van der Waals surface area contributed by atoms with Crippen molar-refractivity contribution in [1.82, 2.24) is 0 Å². The molecule has 2 saturated heterocycles. The van der Waals surface area contributed by atoms with Crippen LogP contribution in [0.3, 0.4) is 0 Å². The molecule has 2 aliphatic heterocycles. The molecule has 128 valence electrons. The predicted molar refractivity (Wildman–Crippen MR) is 82.7 cm³/mol. The van der Waals surface area contributed by atoms with Crippen molar-refractivity contribution >= 4 is 5.97 Å². The van der Waals surface area contributed by atoms with Gasteiger partial charge in [0, 0.05) is 0 Å². The van der Waals surface area contributed by atoms with E-state index in [1.165, 1.54) is 0 Å². The van der Waals surface area contributed by atoms with Crippen LogP contribution in [-0.4, -0.2) is 49.2 Å². The van der Waals surface area contributed by atoms with Crippen LogP contribution in [0.5, 0.6) is 0 Å². The van der Waals surface area contributed by atoms with E-state index in [0.717, 1.165) is 12.8 Å². The van der Waals surface area contributed by atoms with E-state index < -0.39 is 5.41 Å². The van der Waals surface area contributed by atoms with Gasteiger partial charge in [-0.2, -0.15) is 0 Å². The molecule has 0 spiro atoms. The summed E-state index contributed by atoms with van der Waals surface area (Å²) in [6.07, 6.45) is 0.876. The van der Waals surface area contributed by atoms with Gasteiger partial charge < -0.3 is 18.9 Å². The number of esters is 1. The molecule has 5 nitrogen and oxygen atoms in total. The fourth-order valence-electron chi connectivity index (χ4n) is 2.57. The molecular weight excluding hydrogens is 284 g/mol. The van der Waals surface area contributed by atoms with Crippen molar-refractivity contribution < 1.29 is 23.7 Å². The Balaban J connectivity index is 1.94. The van der Waals surface area contributed by atoms with Crippen LogP contribution in [0.2, 0.25) is 0 Å². The molecule has 4 atom stereocenters. The van der Waals surface area contributed by atoms with Gasteiger partial charge in [0.15, 0.2) is 6.10 Å². The maximum atomic E-state index is 12.2. The van der Waals surface area contributed by atoms with Crippen LogP contribution in [0.1, 0.15) is 54.4 Å². The highest BCUT2D eigenvalue weighted by atomic mass is 16.7. The first kappa shape index (κ1) is 17.7. The smallest absolute Gasteiger partial charge is 0.311 e. The molecule has 5 heteroatoms. The van der Waals surface area contributed by atoms with Gasteiger partial charge in [0.25, 0.3) is 0 Å². The standard InChI is InChI=1S/C17H30O5/c1-7-16(3,4)15(18)21-11-9-19-14-12(10-20-13(11)14)22-17(5,6)8-2/h11-14H,7-10H2,1-6H3. The number of carbonyl (C=O) groups excluding carboxylic acids is 1. The number of hydrogen-bond donors (Lipinski definition) is 0. The van der Waals surface area contributed by atoms with Gasteiger partial charge in [-0.1, -0.05) is 13.8 Å². The minimum absolute atomic E-state index is 0.0946. The number of ether oxygens (including phenoxy) is 4. The van der Waals surface area contributed by atoms with Crippen LogP contribution in [-0.2, 0) is 23.7 Å². The molecule has 0 amide bonds. The second kappa shape index (κ2) is 6.46. The average molecular weight is 314 g/mol. The largest absolute Gasteiger partial charge is 0.457 e. The van der Waals surface area contributed by atoms with Crippen LogP contribution in [0.15, 0.2) is 0 Å². The number of hydrogen-bond acceptors (Lipinski definition) is 5. The minimum atomic E-state index is -0.475. The molecule has 2 fully saturated rings. The van der Waals surface area contributed by atoms with Gasteiger partial charge in [0.2, 0.25) is 0 Å². The monoisotopic (exact) mass is 314 g/mol. The zero-order valence-electron chi connectivity index (χ0n) is 14.7. The first-order valence-electron chi connectivity index (χ1n) is 8.32. The zero-order valence-corrected chi connectivity index (χ0v) is 14.7. The number of fused-ring (bicyclic) bond motifs is 1. The Morgan fingerprint density at radius 2 is 1.55 bits per heavy atom. The molecule has 2 heterocycles. The second-order valence-corrected chi connectivity index (χ2v) is 7.55. The third-order valence-corrected chi connectivity index (χ3v) is 4.98. The van der Waals surface area contributed by atoms with Crippen molar-refractivity contribution in [3.8, 4) is 0 Å². The molecule has 22 heavy (non-hydrogen) atoms. The third-order valence-electron chi connectivity index (χ3n) is 4.98. The van der Waals surface area contributed by atoms with Gasteiger partial charge in [-0.15, -0.1) is 0 Å². The summed E-state index contributed by atoms with van der Waals surface area (Å²) < 4.78 is 23.4. The highest BCUT2D eigenvalue weighted by Gasteiger charge is 2.51. The summed E-state index contributed by atoms with van der Waals surface area (Å²) in [7, 11) is 0. The molecular formula is C17H30O5. The fraction of sp³-hybridized carbons (Fsp3) is 0.941. The third kappa shape index (κ3) is 3.63. The summed E-state index contributed by atoms with van der Waals surface area (Å²) >= 11 is 0. The Morgan fingerprint density at radius 3 is 2.09 bits per heavy atom. The summed E-state index contributed by atoms with van der Waals surface area (Å²) in [5.74, 6) is -0.189. The molecule has 0 aromatic rings.